The summed E-state index contributed by atoms with van der Waals surface area (Å²) < 4.78 is 34.7. The van der Waals surface area contributed by atoms with E-state index in [0.717, 1.165) is 27.9 Å². The zero-order chi connectivity index (χ0) is 22.7. The van der Waals surface area contributed by atoms with Crippen LogP contribution in [0.15, 0.2) is 40.5 Å². The van der Waals surface area contributed by atoms with Crippen LogP contribution in [0.25, 0.3) is 11.6 Å². The Kier molecular flexibility index (Phi) is 7.38. The molecule has 1 unspecified atom stereocenters. The number of pyridine rings is 1. The molecule has 1 aliphatic rings. The van der Waals surface area contributed by atoms with Crippen molar-refractivity contribution in [2.75, 3.05) is 20.2 Å². The molecule has 1 aliphatic heterocycles. The van der Waals surface area contributed by atoms with Crippen LogP contribution in [0, 0.1) is 18.6 Å². The van der Waals surface area contributed by atoms with E-state index < -0.39 is 17.6 Å². The second-order valence-electron chi connectivity index (χ2n) is 7.64. The van der Waals surface area contributed by atoms with Gasteiger partial charge in [0.15, 0.2) is 0 Å². The van der Waals surface area contributed by atoms with Crippen LogP contribution in [-0.2, 0) is 4.74 Å². The molecule has 0 N–H and O–H groups in total. The van der Waals surface area contributed by atoms with E-state index in [4.69, 9.17) is 0 Å². The Morgan fingerprint density at radius 3 is 2.55 bits per heavy atom. The first-order valence-corrected chi connectivity index (χ1v) is 10.8. The molecule has 1 aromatic heterocycles. The number of esters is 1. The van der Waals surface area contributed by atoms with Gasteiger partial charge in [-0.1, -0.05) is 33.7 Å². The molecule has 0 saturated carbocycles. The fraction of sp³-hybridized carbons (Fsp3) is 0.333. The van der Waals surface area contributed by atoms with E-state index in [1.165, 1.54) is 12.7 Å². The highest BCUT2D eigenvalue weighted by molar-refractivity contribution is 9.10. The molecule has 3 rings (SSSR count). The van der Waals surface area contributed by atoms with Crippen molar-refractivity contribution in [3.05, 3.63) is 74.5 Å². The summed E-state index contributed by atoms with van der Waals surface area (Å²) in [5.74, 6) is -2.26. The topological polar surface area (TPSA) is 42.4 Å². The predicted molar refractivity (Wildman–Crippen MR) is 122 cm³/mol. The lowest BCUT2D eigenvalue weighted by Crippen LogP contribution is -2.37. The second kappa shape index (κ2) is 9.83. The normalized spacial score (nSPS) is 16.1. The van der Waals surface area contributed by atoms with Crippen LogP contribution in [0.1, 0.15) is 47.4 Å². The van der Waals surface area contributed by atoms with E-state index in [2.05, 4.69) is 50.5 Å². The van der Waals surface area contributed by atoms with E-state index in [0.29, 0.717) is 25.1 Å². The van der Waals surface area contributed by atoms with Crippen LogP contribution < -0.4 is 0 Å². The quantitative estimate of drug-likeness (QED) is 0.496. The highest BCUT2D eigenvalue weighted by Gasteiger charge is 2.24. The molecule has 0 aliphatic carbocycles. The third-order valence-corrected chi connectivity index (χ3v) is 6.43. The smallest absolute Gasteiger partial charge is 0.338 e. The van der Waals surface area contributed by atoms with Gasteiger partial charge in [-0.05, 0) is 51.0 Å². The van der Waals surface area contributed by atoms with Crippen molar-refractivity contribution in [1.29, 1.82) is 0 Å². The highest BCUT2D eigenvalue weighted by Crippen LogP contribution is 2.30. The number of nitrogens with zero attached hydrogens (tertiary/aromatic N) is 2. The van der Waals surface area contributed by atoms with Gasteiger partial charge < -0.3 is 4.74 Å². The van der Waals surface area contributed by atoms with Gasteiger partial charge in [-0.3, -0.25) is 9.88 Å². The number of ether oxygens (including phenoxy) is 1. The van der Waals surface area contributed by atoms with E-state index in [1.807, 2.05) is 19.1 Å². The summed E-state index contributed by atoms with van der Waals surface area (Å²) in [6, 6.07) is 4.13. The van der Waals surface area contributed by atoms with E-state index in [-0.39, 0.29) is 17.2 Å². The number of aromatic nitrogens is 1. The van der Waals surface area contributed by atoms with Crippen LogP contribution >= 0.6 is 15.9 Å². The number of carbonyl (C=O) groups excluding carboxylic acids is 1. The number of carbonyl (C=O) groups is 1. The molecule has 0 bridgehead atoms. The van der Waals surface area contributed by atoms with E-state index in [9.17, 15) is 13.6 Å². The maximum Gasteiger partial charge on any atom is 0.338 e. The minimum Gasteiger partial charge on any atom is -0.465 e. The predicted octanol–water partition coefficient (Wildman–Crippen LogP) is 5.80. The maximum atomic E-state index is 14.6. The summed E-state index contributed by atoms with van der Waals surface area (Å²) in [5, 5.41) is 0. The van der Waals surface area contributed by atoms with Crippen LogP contribution in [-0.4, -0.2) is 42.1 Å². The first kappa shape index (κ1) is 23.3. The maximum absolute atomic E-state index is 14.6. The van der Waals surface area contributed by atoms with Crippen LogP contribution in [0.5, 0.6) is 0 Å². The zero-order valence-electron chi connectivity index (χ0n) is 18.0. The Hall–Kier alpha value is -2.38. The molecule has 0 saturated heterocycles. The lowest BCUT2D eigenvalue weighted by atomic mass is 9.95. The Bertz CT molecular complexity index is 1020. The molecule has 0 amide bonds. The van der Waals surface area contributed by atoms with Gasteiger partial charge in [0.2, 0.25) is 0 Å². The number of rotatable bonds is 5. The van der Waals surface area contributed by atoms with Gasteiger partial charge in [0.1, 0.15) is 11.6 Å². The van der Waals surface area contributed by atoms with Crippen molar-refractivity contribution >= 4 is 33.5 Å². The summed E-state index contributed by atoms with van der Waals surface area (Å²) >= 11 is 3.58. The van der Waals surface area contributed by atoms with E-state index >= 15 is 0 Å². The SMILES string of the molecule is COC(=O)c1cc(F)c(C2=CCN(C(C)/C(C)=C/c3c(Br)ccnc3C)CC2)c(F)c1. The minimum absolute atomic E-state index is 0.0675. The van der Waals surface area contributed by atoms with Gasteiger partial charge in [0.25, 0.3) is 0 Å². The van der Waals surface area contributed by atoms with Crippen molar-refractivity contribution in [2.24, 2.45) is 0 Å². The Balaban J connectivity index is 1.78. The summed E-state index contributed by atoms with van der Waals surface area (Å²) in [6.07, 6.45) is 6.26. The number of benzene rings is 1. The van der Waals surface area contributed by atoms with Crippen molar-refractivity contribution < 1.29 is 18.3 Å². The van der Waals surface area contributed by atoms with Crippen molar-refractivity contribution in [3.63, 3.8) is 0 Å². The Morgan fingerprint density at radius 2 is 2.00 bits per heavy atom. The molecule has 4 nitrogen and oxygen atoms in total. The van der Waals surface area contributed by atoms with Gasteiger partial charge in [-0.15, -0.1) is 0 Å². The lowest BCUT2D eigenvalue weighted by molar-refractivity contribution is 0.0599. The molecule has 1 aromatic carbocycles. The molecular formula is C24H25BrF2N2O2. The molecule has 164 valence electrons. The Morgan fingerprint density at radius 1 is 1.32 bits per heavy atom. The van der Waals surface area contributed by atoms with Gasteiger partial charge >= 0.3 is 5.97 Å². The number of methoxy groups -OCH3 is 1. The van der Waals surface area contributed by atoms with Gasteiger partial charge in [-0.25, -0.2) is 13.6 Å². The first-order valence-electron chi connectivity index (χ1n) is 10.0. The third kappa shape index (κ3) is 5.10. The summed E-state index contributed by atoms with van der Waals surface area (Å²) in [6.45, 7) is 7.42. The number of aryl methyl sites for hydroxylation is 1. The summed E-state index contributed by atoms with van der Waals surface area (Å²) in [4.78, 5) is 18.2. The average molecular weight is 491 g/mol. The molecule has 31 heavy (non-hydrogen) atoms. The molecule has 7 heteroatoms. The first-order chi connectivity index (χ1) is 14.7. The number of halogens is 3. The van der Waals surface area contributed by atoms with Crippen molar-refractivity contribution in [2.45, 2.75) is 33.2 Å². The average Bonchev–Trinajstić information content (AvgIpc) is 2.75. The second-order valence-corrected chi connectivity index (χ2v) is 8.49. The monoisotopic (exact) mass is 490 g/mol. The molecular weight excluding hydrogens is 466 g/mol. The van der Waals surface area contributed by atoms with Crippen LogP contribution in [0.4, 0.5) is 8.78 Å². The molecule has 0 radical (unpaired) electrons. The van der Waals surface area contributed by atoms with Gasteiger partial charge in [0.05, 0.1) is 12.7 Å². The molecule has 0 fully saturated rings. The largest absolute Gasteiger partial charge is 0.465 e. The summed E-state index contributed by atoms with van der Waals surface area (Å²) in [5.41, 5.74) is 3.58. The Labute approximate surface area is 189 Å². The number of hydrogen-bond donors (Lipinski definition) is 0. The van der Waals surface area contributed by atoms with Crippen molar-refractivity contribution in [1.82, 2.24) is 9.88 Å². The van der Waals surface area contributed by atoms with Crippen molar-refractivity contribution in [3.8, 4) is 0 Å². The highest BCUT2D eigenvalue weighted by atomic mass is 79.9. The lowest BCUT2D eigenvalue weighted by Gasteiger charge is -2.33. The molecule has 2 aromatic rings. The minimum atomic E-state index is -0.764. The summed E-state index contributed by atoms with van der Waals surface area (Å²) in [7, 11) is 1.18. The zero-order valence-corrected chi connectivity index (χ0v) is 19.6. The van der Waals surface area contributed by atoms with Crippen LogP contribution in [0.3, 0.4) is 0 Å². The van der Waals surface area contributed by atoms with E-state index in [1.54, 1.807) is 6.20 Å². The van der Waals surface area contributed by atoms with Crippen LogP contribution in [0.2, 0.25) is 0 Å². The van der Waals surface area contributed by atoms with Gasteiger partial charge in [-0.2, -0.15) is 0 Å². The van der Waals surface area contributed by atoms with Gasteiger partial charge in [0, 0.05) is 46.6 Å². The molecule has 2 heterocycles. The molecule has 0 spiro atoms. The fourth-order valence-corrected chi connectivity index (χ4v) is 4.26. The number of hydrogen-bond acceptors (Lipinski definition) is 4. The fourth-order valence-electron chi connectivity index (χ4n) is 3.74. The standard InChI is InChI=1S/C24H25BrF2N2O2/c1-14(11-19-15(2)28-8-5-20(19)25)16(3)29-9-6-17(7-10-29)23-21(26)12-18(13-22(23)27)24(30)31-4/h5-6,8,11-13,16H,7,9-10H2,1-4H3/b14-11+. The molecule has 1 atom stereocenters. The third-order valence-electron chi connectivity index (χ3n) is 5.74.